The molecular weight excluding hydrogens is 304 g/mol. The van der Waals surface area contributed by atoms with E-state index in [2.05, 4.69) is 22.8 Å². The summed E-state index contributed by atoms with van der Waals surface area (Å²) in [6.07, 6.45) is 5.08. The third kappa shape index (κ3) is 7.00. The van der Waals surface area contributed by atoms with E-state index in [-0.39, 0.29) is 11.4 Å². The zero-order valence-electron chi connectivity index (χ0n) is 12.3. The second kappa shape index (κ2) is 9.85. The topological polar surface area (TPSA) is 72.2 Å². The molecule has 0 amide bonds. The summed E-state index contributed by atoms with van der Waals surface area (Å²) in [6.45, 7) is 0.723. The van der Waals surface area contributed by atoms with Crippen LogP contribution in [0.3, 0.4) is 0 Å². The van der Waals surface area contributed by atoms with Crippen LogP contribution in [-0.4, -0.2) is 33.5 Å². The second-order valence-electron chi connectivity index (χ2n) is 4.48. The normalized spacial score (nSPS) is 11.0. The van der Waals surface area contributed by atoms with E-state index < -0.39 is 10.0 Å². The summed E-state index contributed by atoms with van der Waals surface area (Å²) in [7, 11) is -3.45. The van der Waals surface area contributed by atoms with Gasteiger partial charge in [-0.3, -0.25) is 0 Å². The summed E-state index contributed by atoms with van der Waals surface area (Å²) < 4.78 is 26.9. The Morgan fingerprint density at radius 3 is 2.81 bits per heavy atom. The summed E-state index contributed by atoms with van der Waals surface area (Å²) in [6, 6.07) is 6.60. The van der Waals surface area contributed by atoms with Crippen molar-refractivity contribution in [2.75, 3.05) is 25.1 Å². The predicted molar refractivity (Wildman–Crippen MR) is 89.8 cm³/mol. The van der Waals surface area contributed by atoms with E-state index in [9.17, 15) is 8.42 Å². The summed E-state index contributed by atoms with van der Waals surface area (Å²) in [5, 5.41) is 0. The molecule has 0 bridgehead atoms. The van der Waals surface area contributed by atoms with Crippen molar-refractivity contribution in [1.82, 2.24) is 4.72 Å². The number of rotatable bonds is 8. The van der Waals surface area contributed by atoms with Crippen molar-refractivity contribution in [3.05, 3.63) is 29.8 Å². The molecule has 0 unspecified atom stereocenters. The lowest BCUT2D eigenvalue weighted by molar-refractivity contribution is 0.576. The molecule has 0 saturated carbocycles. The molecule has 116 valence electrons. The molecule has 0 spiro atoms. The van der Waals surface area contributed by atoms with Gasteiger partial charge in [-0.05, 0) is 43.0 Å². The van der Waals surface area contributed by atoms with Crippen LogP contribution < -0.4 is 10.5 Å². The lowest BCUT2D eigenvalue weighted by atomic mass is 10.2. The highest BCUT2D eigenvalue weighted by molar-refractivity contribution is 7.98. The molecule has 0 radical (unpaired) electrons. The average molecular weight is 326 g/mol. The third-order valence-electron chi connectivity index (χ3n) is 2.80. The van der Waals surface area contributed by atoms with Crippen molar-refractivity contribution in [3.8, 4) is 11.8 Å². The Bertz CT molecular complexity index is 589. The fraction of sp³-hybridized carbons (Fsp3) is 0.467. The van der Waals surface area contributed by atoms with E-state index in [1.165, 1.54) is 0 Å². The van der Waals surface area contributed by atoms with Crippen molar-refractivity contribution in [3.63, 3.8) is 0 Å². The molecule has 1 aromatic carbocycles. The largest absolute Gasteiger partial charge is 0.320 e. The molecular formula is C15H22N2O2S2. The van der Waals surface area contributed by atoms with E-state index >= 15 is 0 Å². The van der Waals surface area contributed by atoms with Crippen LogP contribution in [0.1, 0.15) is 24.8 Å². The fourth-order valence-electron chi connectivity index (χ4n) is 1.73. The van der Waals surface area contributed by atoms with E-state index in [0.29, 0.717) is 12.1 Å². The first kappa shape index (κ1) is 18.1. The maximum Gasteiger partial charge on any atom is 0.240 e. The first-order valence-corrected chi connectivity index (χ1v) is 9.75. The molecule has 0 saturated heterocycles. The van der Waals surface area contributed by atoms with Gasteiger partial charge >= 0.3 is 0 Å². The zero-order chi connectivity index (χ0) is 15.6. The second-order valence-corrected chi connectivity index (χ2v) is 7.24. The van der Waals surface area contributed by atoms with Crippen molar-refractivity contribution >= 4 is 21.8 Å². The van der Waals surface area contributed by atoms with E-state index in [0.717, 1.165) is 25.0 Å². The van der Waals surface area contributed by atoms with Crippen molar-refractivity contribution < 1.29 is 8.42 Å². The number of hydrogen-bond donors (Lipinski definition) is 2. The Hall–Kier alpha value is -1.00. The molecule has 4 nitrogen and oxygen atoms in total. The van der Waals surface area contributed by atoms with Gasteiger partial charge in [-0.25, -0.2) is 13.1 Å². The maximum absolute atomic E-state index is 12.2. The Labute approximate surface area is 131 Å². The van der Waals surface area contributed by atoms with Crippen molar-refractivity contribution in [1.29, 1.82) is 0 Å². The number of thioether (sulfide) groups is 1. The number of benzene rings is 1. The van der Waals surface area contributed by atoms with E-state index in [1.807, 2.05) is 11.8 Å². The summed E-state index contributed by atoms with van der Waals surface area (Å²) >= 11 is 1.81. The molecule has 0 aliphatic carbocycles. The standard InChI is InChI=1S/C15H22N2O2S2/c1-20-12-4-2-3-11-17-21(18,19)15-9-5-7-14(13-15)8-6-10-16/h5,7,9,13,17H,2-4,10-12,16H2,1H3. The first-order chi connectivity index (χ1) is 10.1. The van der Waals surface area contributed by atoms with Crippen LogP contribution in [0.15, 0.2) is 29.2 Å². The number of nitrogens with two attached hydrogens (primary N) is 1. The minimum absolute atomic E-state index is 0.246. The van der Waals surface area contributed by atoms with Gasteiger partial charge in [0.2, 0.25) is 10.0 Å². The highest BCUT2D eigenvalue weighted by atomic mass is 32.2. The highest BCUT2D eigenvalue weighted by Crippen LogP contribution is 2.11. The Morgan fingerprint density at radius 2 is 2.10 bits per heavy atom. The smallest absolute Gasteiger partial charge is 0.240 e. The van der Waals surface area contributed by atoms with Crippen LogP contribution in [-0.2, 0) is 10.0 Å². The van der Waals surface area contributed by atoms with Gasteiger partial charge in [0.1, 0.15) is 0 Å². The van der Waals surface area contributed by atoms with Gasteiger partial charge in [-0.1, -0.05) is 24.3 Å². The average Bonchev–Trinajstić information content (AvgIpc) is 2.49. The minimum Gasteiger partial charge on any atom is -0.320 e. The minimum atomic E-state index is -3.45. The van der Waals surface area contributed by atoms with Crippen molar-refractivity contribution in [2.45, 2.75) is 24.2 Å². The number of sulfonamides is 1. The molecule has 21 heavy (non-hydrogen) atoms. The SMILES string of the molecule is CSCCCCCNS(=O)(=O)c1cccc(C#CCN)c1. The van der Waals surface area contributed by atoms with Gasteiger partial charge in [0.05, 0.1) is 11.4 Å². The van der Waals surface area contributed by atoms with Crippen molar-refractivity contribution in [2.24, 2.45) is 5.73 Å². The molecule has 1 aromatic rings. The molecule has 0 aliphatic rings. The Kier molecular flexibility index (Phi) is 8.47. The van der Waals surface area contributed by atoms with Crippen LogP contribution in [0.25, 0.3) is 0 Å². The molecule has 0 aliphatic heterocycles. The monoisotopic (exact) mass is 326 g/mol. The van der Waals surface area contributed by atoms with Gasteiger partial charge < -0.3 is 5.73 Å². The fourth-order valence-corrected chi connectivity index (χ4v) is 3.34. The van der Waals surface area contributed by atoms with Crippen LogP contribution in [0, 0.1) is 11.8 Å². The van der Waals surface area contributed by atoms with Crippen LogP contribution in [0.5, 0.6) is 0 Å². The summed E-state index contributed by atoms with van der Waals surface area (Å²) in [4.78, 5) is 0.246. The number of hydrogen-bond acceptors (Lipinski definition) is 4. The molecule has 1 rings (SSSR count). The predicted octanol–water partition coefficient (Wildman–Crippen LogP) is 1.81. The third-order valence-corrected chi connectivity index (χ3v) is 4.95. The molecule has 0 heterocycles. The van der Waals surface area contributed by atoms with Crippen LogP contribution in [0.4, 0.5) is 0 Å². The van der Waals surface area contributed by atoms with Gasteiger partial charge in [0.15, 0.2) is 0 Å². The van der Waals surface area contributed by atoms with Crippen LogP contribution >= 0.6 is 11.8 Å². The Morgan fingerprint density at radius 1 is 1.29 bits per heavy atom. The first-order valence-electron chi connectivity index (χ1n) is 6.88. The van der Waals surface area contributed by atoms with E-state index in [4.69, 9.17) is 5.73 Å². The molecule has 0 atom stereocenters. The van der Waals surface area contributed by atoms with Gasteiger partial charge in [-0.15, -0.1) is 0 Å². The number of nitrogens with one attached hydrogen (secondary N) is 1. The summed E-state index contributed by atoms with van der Waals surface area (Å²) in [5.74, 6) is 6.67. The van der Waals surface area contributed by atoms with Gasteiger partial charge in [-0.2, -0.15) is 11.8 Å². The summed E-state index contributed by atoms with van der Waals surface area (Å²) in [5.41, 5.74) is 5.97. The quantitative estimate of drug-likeness (QED) is 0.564. The molecule has 3 N–H and O–H groups in total. The molecule has 0 fully saturated rings. The molecule has 0 aromatic heterocycles. The maximum atomic E-state index is 12.2. The lowest BCUT2D eigenvalue weighted by Crippen LogP contribution is -2.24. The Balaban J connectivity index is 2.57. The lowest BCUT2D eigenvalue weighted by Gasteiger charge is -2.07. The number of unbranched alkanes of at least 4 members (excludes halogenated alkanes) is 2. The van der Waals surface area contributed by atoms with E-state index in [1.54, 1.807) is 24.3 Å². The zero-order valence-corrected chi connectivity index (χ0v) is 13.9. The highest BCUT2D eigenvalue weighted by Gasteiger charge is 2.13. The van der Waals surface area contributed by atoms with Crippen LogP contribution in [0.2, 0.25) is 0 Å². The van der Waals surface area contributed by atoms with Gasteiger partial charge in [0.25, 0.3) is 0 Å². The van der Waals surface area contributed by atoms with Gasteiger partial charge in [0, 0.05) is 12.1 Å². The molecule has 6 heteroatoms.